The van der Waals surface area contributed by atoms with E-state index < -0.39 is 0 Å². The SMILES string of the molecule is CNC(=O)c1ccc(CNCCC(C)(C)OC)cc1. The third kappa shape index (κ3) is 5.41. The average molecular weight is 264 g/mol. The summed E-state index contributed by atoms with van der Waals surface area (Å²) < 4.78 is 5.36. The lowest BCUT2D eigenvalue weighted by Gasteiger charge is -2.22. The van der Waals surface area contributed by atoms with Gasteiger partial charge in [-0.25, -0.2) is 0 Å². The summed E-state index contributed by atoms with van der Waals surface area (Å²) in [5.74, 6) is -0.0543. The van der Waals surface area contributed by atoms with Crippen molar-refractivity contribution in [2.24, 2.45) is 0 Å². The van der Waals surface area contributed by atoms with Crippen LogP contribution < -0.4 is 10.6 Å². The molecular formula is C15H24N2O2. The van der Waals surface area contributed by atoms with Gasteiger partial charge < -0.3 is 15.4 Å². The van der Waals surface area contributed by atoms with Gasteiger partial charge in [0.2, 0.25) is 0 Å². The van der Waals surface area contributed by atoms with Gasteiger partial charge in [-0.1, -0.05) is 12.1 Å². The van der Waals surface area contributed by atoms with E-state index in [1.54, 1.807) is 14.2 Å². The van der Waals surface area contributed by atoms with Crippen LogP contribution in [-0.2, 0) is 11.3 Å². The Hall–Kier alpha value is -1.39. The summed E-state index contributed by atoms with van der Waals surface area (Å²) in [6, 6.07) is 7.63. The standard InChI is InChI=1S/C15H24N2O2/c1-15(2,19-4)9-10-17-11-12-5-7-13(8-6-12)14(18)16-3/h5-8,17H,9-11H2,1-4H3,(H,16,18). The Morgan fingerprint density at radius 3 is 2.42 bits per heavy atom. The molecule has 1 aromatic rings. The van der Waals surface area contributed by atoms with Crippen LogP contribution in [0.2, 0.25) is 0 Å². The van der Waals surface area contributed by atoms with E-state index in [0.29, 0.717) is 5.56 Å². The number of ether oxygens (including phenoxy) is 1. The molecule has 0 aliphatic heterocycles. The number of hydrogen-bond donors (Lipinski definition) is 2. The molecule has 0 aliphatic rings. The van der Waals surface area contributed by atoms with Gasteiger partial charge in [0, 0.05) is 26.3 Å². The largest absolute Gasteiger partial charge is 0.379 e. The number of carbonyl (C=O) groups is 1. The molecule has 19 heavy (non-hydrogen) atoms. The normalized spacial score (nSPS) is 11.4. The summed E-state index contributed by atoms with van der Waals surface area (Å²) in [4.78, 5) is 11.4. The lowest BCUT2D eigenvalue weighted by atomic mass is 10.1. The maximum Gasteiger partial charge on any atom is 0.251 e. The monoisotopic (exact) mass is 264 g/mol. The molecular weight excluding hydrogens is 240 g/mol. The van der Waals surface area contributed by atoms with Crippen LogP contribution >= 0.6 is 0 Å². The molecule has 0 saturated carbocycles. The van der Waals surface area contributed by atoms with Gasteiger partial charge >= 0.3 is 0 Å². The highest BCUT2D eigenvalue weighted by molar-refractivity contribution is 5.93. The van der Waals surface area contributed by atoms with Gasteiger partial charge in [-0.2, -0.15) is 0 Å². The molecule has 106 valence electrons. The molecule has 0 heterocycles. The molecule has 4 nitrogen and oxygen atoms in total. The van der Waals surface area contributed by atoms with Crippen molar-refractivity contribution in [2.75, 3.05) is 20.7 Å². The van der Waals surface area contributed by atoms with Crippen molar-refractivity contribution in [3.8, 4) is 0 Å². The topological polar surface area (TPSA) is 50.4 Å². The molecule has 1 rings (SSSR count). The van der Waals surface area contributed by atoms with Crippen molar-refractivity contribution in [1.29, 1.82) is 0 Å². The van der Waals surface area contributed by atoms with E-state index in [9.17, 15) is 4.79 Å². The van der Waals surface area contributed by atoms with Gasteiger partial charge in [0.25, 0.3) is 5.91 Å². The first-order valence-corrected chi connectivity index (χ1v) is 6.55. The van der Waals surface area contributed by atoms with Crippen LogP contribution in [0.15, 0.2) is 24.3 Å². The van der Waals surface area contributed by atoms with Crippen molar-refractivity contribution in [1.82, 2.24) is 10.6 Å². The quantitative estimate of drug-likeness (QED) is 0.740. The minimum Gasteiger partial charge on any atom is -0.379 e. The lowest BCUT2D eigenvalue weighted by molar-refractivity contribution is 0.0158. The number of rotatable bonds is 7. The lowest BCUT2D eigenvalue weighted by Crippen LogP contribution is -2.28. The molecule has 0 bridgehead atoms. The van der Waals surface area contributed by atoms with E-state index in [1.165, 1.54) is 5.56 Å². The van der Waals surface area contributed by atoms with Gasteiger partial charge in [-0.3, -0.25) is 4.79 Å². The molecule has 1 amide bonds. The third-order valence-electron chi connectivity index (χ3n) is 3.23. The Morgan fingerprint density at radius 1 is 1.26 bits per heavy atom. The molecule has 0 spiro atoms. The highest BCUT2D eigenvalue weighted by atomic mass is 16.5. The Labute approximate surface area is 115 Å². The fourth-order valence-corrected chi connectivity index (χ4v) is 1.64. The van der Waals surface area contributed by atoms with Gasteiger partial charge in [0.05, 0.1) is 5.60 Å². The number of methoxy groups -OCH3 is 1. The van der Waals surface area contributed by atoms with E-state index in [4.69, 9.17) is 4.74 Å². The van der Waals surface area contributed by atoms with Gasteiger partial charge in [0.15, 0.2) is 0 Å². The Morgan fingerprint density at radius 2 is 1.89 bits per heavy atom. The maximum absolute atomic E-state index is 11.4. The predicted molar refractivity (Wildman–Crippen MR) is 77.2 cm³/mol. The first kappa shape index (κ1) is 15.7. The van der Waals surface area contributed by atoms with Crippen LogP contribution in [0.3, 0.4) is 0 Å². The van der Waals surface area contributed by atoms with Crippen molar-refractivity contribution in [3.63, 3.8) is 0 Å². The molecule has 0 aromatic heterocycles. The summed E-state index contributed by atoms with van der Waals surface area (Å²) in [6.07, 6.45) is 0.958. The first-order chi connectivity index (χ1) is 8.98. The van der Waals surface area contributed by atoms with Gasteiger partial charge in [0.1, 0.15) is 0 Å². The number of nitrogens with one attached hydrogen (secondary N) is 2. The van der Waals surface area contributed by atoms with Crippen molar-refractivity contribution < 1.29 is 9.53 Å². The Bertz CT molecular complexity index is 399. The fourth-order valence-electron chi connectivity index (χ4n) is 1.64. The van der Waals surface area contributed by atoms with Crippen molar-refractivity contribution in [3.05, 3.63) is 35.4 Å². The molecule has 0 saturated heterocycles. The van der Waals surface area contributed by atoms with E-state index in [2.05, 4.69) is 24.5 Å². The minimum absolute atomic E-state index is 0.0543. The second kappa shape index (κ2) is 7.26. The zero-order valence-corrected chi connectivity index (χ0v) is 12.2. The second-order valence-electron chi connectivity index (χ2n) is 5.17. The summed E-state index contributed by atoms with van der Waals surface area (Å²) in [7, 11) is 3.37. The Balaban J connectivity index is 2.36. The predicted octanol–water partition coefficient (Wildman–Crippen LogP) is 1.95. The van der Waals surface area contributed by atoms with E-state index in [1.807, 2.05) is 24.3 Å². The van der Waals surface area contributed by atoms with Gasteiger partial charge in [-0.05, 0) is 44.5 Å². The van der Waals surface area contributed by atoms with Crippen LogP contribution in [0.5, 0.6) is 0 Å². The molecule has 2 N–H and O–H groups in total. The zero-order chi connectivity index (χ0) is 14.3. The van der Waals surface area contributed by atoms with Gasteiger partial charge in [-0.15, -0.1) is 0 Å². The zero-order valence-electron chi connectivity index (χ0n) is 12.2. The number of amides is 1. The van der Waals surface area contributed by atoms with Crippen LogP contribution in [0.1, 0.15) is 36.2 Å². The summed E-state index contributed by atoms with van der Waals surface area (Å²) >= 11 is 0. The molecule has 0 aliphatic carbocycles. The maximum atomic E-state index is 11.4. The van der Waals surface area contributed by atoms with E-state index in [0.717, 1.165) is 19.5 Å². The first-order valence-electron chi connectivity index (χ1n) is 6.55. The molecule has 0 radical (unpaired) electrons. The van der Waals surface area contributed by atoms with Crippen LogP contribution in [0.4, 0.5) is 0 Å². The summed E-state index contributed by atoms with van der Waals surface area (Å²) in [5, 5.41) is 5.98. The summed E-state index contributed by atoms with van der Waals surface area (Å²) in [6.45, 7) is 5.85. The molecule has 0 atom stereocenters. The van der Waals surface area contributed by atoms with Crippen LogP contribution in [-0.4, -0.2) is 32.2 Å². The number of carbonyl (C=O) groups excluding carboxylic acids is 1. The molecule has 0 unspecified atom stereocenters. The number of benzene rings is 1. The molecule has 1 aromatic carbocycles. The van der Waals surface area contributed by atoms with Crippen LogP contribution in [0, 0.1) is 0 Å². The van der Waals surface area contributed by atoms with Crippen molar-refractivity contribution in [2.45, 2.75) is 32.4 Å². The smallest absolute Gasteiger partial charge is 0.251 e. The third-order valence-corrected chi connectivity index (χ3v) is 3.23. The van der Waals surface area contributed by atoms with E-state index in [-0.39, 0.29) is 11.5 Å². The average Bonchev–Trinajstić information content (AvgIpc) is 2.43. The summed E-state index contributed by atoms with van der Waals surface area (Å²) in [5.41, 5.74) is 1.77. The number of hydrogen-bond acceptors (Lipinski definition) is 3. The minimum atomic E-state index is -0.0872. The highest BCUT2D eigenvalue weighted by Gasteiger charge is 2.14. The molecule has 0 fully saturated rings. The second-order valence-corrected chi connectivity index (χ2v) is 5.17. The fraction of sp³-hybridized carbons (Fsp3) is 0.533. The van der Waals surface area contributed by atoms with Crippen molar-refractivity contribution >= 4 is 5.91 Å². The molecule has 4 heteroatoms. The highest BCUT2D eigenvalue weighted by Crippen LogP contribution is 2.11. The Kier molecular flexibility index (Phi) is 5.99. The van der Waals surface area contributed by atoms with Crippen LogP contribution in [0.25, 0.3) is 0 Å². The van der Waals surface area contributed by atoms with E-state index >= 15 is 0 Å².